The summed E-state index contributed by atoms with van der Waals surface area (Å²) in [4.78, 5) is 33.0. The van der Waals surface area contributed by atoms with Gasteiger partial charge in [-0.2, -0.15) is 9.59 Å². The van der Waals surface area contributed by atoms with Gasteiger partial charge < -0.3 is 4.74 Å². The Bertz CT molecular complexity index is 1150. The molecule has 0 radical (unpaired) electrons. The summed E-state index contributed by atoms with van der Waals surface area (Å²) < 4.78 is 5.90. The lowest BCUT2D eigenvalue weighted by Gasteiger charge is -2.37. The Morgan fingerprint density at radius 3 is 2.15 bits per heavy atom. The van der Waals surface area contributed by atoms with Gasteiger partial charge in [-0.1, -0.05) is 66.7 Å². The summed E-state index contributed by atoms with van der Waals surface area (Å²) in [6.07, 6.45) is 1.79. The number of rotatable bonds is 4. The lowest BCUT2D eigenvalue weighted by molar-refractivity contribution is -0.191. The zero-order valence-electron chi connectivity index (χ0n) is 19.3. The molecule has 0 N–H and O–H groups in total. The van der Waals surface area contributed by atoms with Crippen LogP contribution in [0.25, 0.3) is 11.1 Å². The lowest BCUT2D eigenvalue weighted by Crippen LogP contribution is -2.46. The van der Waals surface area contributed by atoms with E-state index in [1.807, 2.05) is 30.3 Å². The molecule has 2 fully saturated rings. The summed E-state index contributed by atoms with van der Waals surface area (Å²) in [6.45, 7) is 5.65. The highest BCUT2D eigenvalue weighted by Crippen LogP contribution is 2.36. The summed E-state index contributed by atoms with van der Waals surface area (Å²) >= 11 is 0. The van der Waals surface area contributed by atoms with Crippen molar-refractivity contribution in [2.75, 3.05) is 24.5 Å². The molecule has 6 heteroatoms. The van der Waals surface area contributed by atoms with Crippen molar-refractivity contribution in [2.45, 2.75) is 31.9 Å². The molecular formula is C28H28N2O4. The summed E-state index contributed by atoms with van der Waals surface area (Å²) in [5.74, 6) is 0. The molecule has 6 nitrogen and oxygen atoms in total. The SMILES string of the molecule is Cc1cc(CN2CCC3(CC2)CN(c2ccccc2)C(=O)O3)ccc1-c1ccccc1.O=C=O. The van der Waals surface area contributed by atoms with E-state index in [2.05, 4.69) is 60.4 Å². The number of ether oxygens (including phenoxy) is 1. The molecule has 5 rings (SSSR count). The van der Waals surface area contributed by atoms with Gasteiger partial charge in [0.05, 0.1) is 6.54 Å². The first-order valence-electron chi connectivity index (χ1n) is 11.5. The standard InChI is InChI=1S/C27H28N2O2.CO2/c1-21-18-22(12-13-25(21)23-8-4-2-5-9-23)19-28-16-14-27(15-17-28)20-29(26(30)31-27)24-10-6-3-7-11-24;2-1-3/h2-13,18H,14-17,19-20H2,1H3;. The van der Waals surface area contributed by atoms with Crippen LogP contribution >= 0.6 is 0 Å². The number of carbonyl (C=O) groups excluding carboxylic acids is 3. The quantitative estimate of drug-likeness (QED) is 0.548. The molecule has 0 aliphatic carbocycles. The molecular weight excluding hydrogens is 428 g/mol. The first-order chi connectivity index (χ1) is 16.5. The molecule has 2 saturated heterocycles. The van der Waals surface area contributed by atoms with Gasteiger partial charge in [0.15, 0.2) is 0 Å². The molecule has 0 unspecified atom stereocenters. The molecule has 2 heterocycles. The molecule has 3 aromatic carbocycles. The van der Waals surface area contributed by atoms with Crippen LogP contribution in [0.1, 0.15) is 24.0 Å². The van der Waals surface area contributed by atoms with Gasteiger partial charge in [0.25, 0.3) is 0 Å². The Hall–Kier alpha value is -3.73. The van der Waals surface area contributed by atoms with Crippen LogP contribution in [0.2, 0.25) is 0 Å². The van der Waals surface area contributed by atoms with E-state index in [1.54, 1.807) is 4.90 Å². The third-order valence-corrected chi connectivity index (χ3v) is 6.59. The van der Waals surface area contributed by atoms with Crippen LogP contribution in [0.3, 0.4) is 0 Å². The predicted octanol–water partition coefficient (Wildman–Crippen LogP) is 5.07. The normalized spacial score (nSPS) is 17.0. The lowest BCUT2D eigenvalue weighted by atomic mass is 9.90. The molecule has 174 valence electrons. The number of benzene rings is 3. The van der Waals surface area contributed by atoms with Gasteiger partial charge >= 0.3 is 12.2 Å². The van der Waals surface area contributed by atoms with Crippen LogP contribution in [0.4, 0.5) is 10.5 Å². The van der Waals surface area contributed by atoms with Crippen molar-refractivity contribution >= 4 is 17.9 Å². The van der Waals surface area contributed by atoms with E-state index in [1.165, 1.54) is 22.3 Å². The second kappa shape index (κ2) is 10.5. The number of nitrogens with zero attached hydrogens (tertiary/aromatic N) is 2. The van der Waals surface area contributed by atoms with Crippen LogP contribution in [-0.2, 0) is 20.9 Å². The van der Waals surface area contributed by atoms with E-state index in [0.29, 0.717) is 6.54 Å². The zero-order chi connectivity index (χ0) is 24.0. The number of hydrogen-bond acceptors (Lipinski definition) is 5. The largest absolute Gasteiger partial charge is 0.441 e. The maximum Gasteiger partial charge on any atom is 0.415 e. The van der Waals surface area contributed by atoms with Crippen molar-refractivity contribution in [1.29, 1.82) is 0 Å². The van der Waals surface area contributed by atoms with Crippen LogP contribution < -0.4 is 4.90 Å². The van der Waals surface area contributed by atoms with Gasteiger partial charge in [-0.3, -0.25) is 9.80 Å². The summed E-state index contributed by atoms with van der Waals surface area (Å²) in [6, 6.07) is 27.2. The van der Waals surface area contributed by atoms with E-state index in [0.717, 1.165) is 38.2 Å². The highest BCUT2D eigenvalue weighted by Gasteiger charge is 2.47. The summed E-state index contributed by atoms with van der Waals surface area (Å²) in [7, 11) is 0. The van der Waals surface area contributed by atoms with E-state index in [4.69, 9.17) is 14.3 Å². The van der Waals surface area contributed by atoms with Gasteiger partial charge in [-0.05, 0) is 41.3 Å². The van der Waals surface area contributed by atoms with E-state index < -0.39 is 0 Å². The fraction of sp³-hybridized carbons (Fsp3) is 0.286. The molecule has 0 aromatic heterocycles. The number of anilines is 1. The molecule has 34 heavy (non-hydrogen) atoms. The highest BCUT2D eigenvalue weighted by molar-refractivity contribution is 5.90. The number of hydrogen-bond donors (Lipinski definition) is 0. The maximum absolute atomic E-state index is 12.5. The fourth-order valence-corrected chi connectivity index (χ4v) is 4.83. The van der Waals surface area contributed by atoms with Crippen LogP contribution in [0.15, 0.2) is 78.9 Å². The molecule has 2 aliphatic rings. The van der Waals surface area contributed by atoms with Gasteiger partial charge in [0, 0.05) is 38.2 Å². The van der Waals surface area contributed by atoms with Crippen LogP contribution in [-0.4, -0.2) is 42.4 Å². The Kier molecular flexibility index (Phi) is 7.21. The number of piperidine rings is 1. The average molecular weight is 457 g/mol. The maximum atomic E-state index is 12.5. The minimum Gasteiger partial charge on any atom is -0.441 e. The third kappa shape index (κ3) is 5.25. The molecule has 0 atom stereocenters. The number of likely N-dealkylation sites (tertiary alicyclic amines) is 1. The van der Waals surface area contributed by atoms with Crippen molar-refractivity contribution in [3.63, 3.8) is 0 Å². The average Bonchev–Trinajstić information content (AvgIpc) is 3.18. The monoisotopic (exact) mass is 456 g/mol. The summed E-state index contributed by atoms with van der Waals surface area (Å²) in [5, 5.41) is 0. The number of amides is 1. The Labute approximate surface area is 199 Å². The summed E-state index contributed by atoms with van der Waals surface area (Å²) in [5.41, 5.74) is 5.76. The molecule has 1 spiro atoms. The van der Waals surface area contributed by atoms with Gasteiger partial charge in [0.1, 0.15) is 5.60 Å². The molecule has 3 aromatic rings. The zero-order valence-corrected chi connectivity index (χ0v) is 19.3. The van der Waals surface area contributed by atoms with Crippen LogP contribution in [0, 0.1) is 6.92 Å². The van der Waals surface area contributed by atoms with Crippen molar-refractivity contribution < 1.29 is 19.1 Å². The molecule has 0 saturated carbocycles. The van der Waals surface area contributed by atoms with Crippen molar-refractivity contribution in [3.05, 3.63) is 90.0 Å². The minimum absolute atomic E-state index is 0.216. The smallest absolute Gasteiger partial charge is 0.415 e. The molecule has 0 bridgehead atoms. The van der Waals surface area contributed by atoms with E-state index in [9.17, 15) is 4.79 Å². The third-order valence-electron chi connectivity index (χ3n) is 6.59. The Balaban J connectivity index is 0.000000868. The second-order valence-electron chi connectivity index (χ2n) is 8.85. The minimum atomic E-state index is -0.351. The Morgan fingerprint density at radius 1 is 0.912 bits per heavy atom. The second-order valence-corrected chi connectivity index (χ2v) is 8.85. The van der Waals surface area contributed by atoms with Gasteiger partial charge in [-0.15, -0.1) is 0 Å². The van der Waals surface area contributed by atoms with Crippen molar-refractivity contribution in [3.8, 4) is 11.1 Å². The molecule has 1 amide bonds. The number of carbonyl (C=O) groups is 1. The first kappa shape index (κ1) is 23.4. The topological polar surface area (TPSA) is 66.9 Å². The Morgan fingerprint density at radius 2 is 1.53 bits per heavy atom. The van der Waals surface area contributed by atoms with E-state index in [-0.39, 0.29) is 17.8 Å². The first-order valence-corrected chi connectivity index (χ1v) is 11.5. The number of para-hydroxylation sites is 1. The van der Waals surface area contributed by atoms with Crippen LogP contribution in [0.5, 0.6) is 0 Å². The van der Waals surface area contributed by atoms with E-state index >= 15 is 0 Å². The molecule has 2 aliphatic heterocycles. The van der Waals surface area contributed by atoms with Gasteiger partial charge in [0.2, 0.25) is 0 Å². The van der Waals surface area contributed by atoms with Crippen molar-refractivity contribution in [2.24, 2.45) is 0 Å². The number of aryl methyl sites for hydroxylation is 1. The predicted molar refractivity (Wildman–Crippen MR) is 129 cm³/mol. The fourth-order valence-electron chi connectivity index (χ4n) is 4.83. The van der Waals surface area contributed by atoms with Crippen molar-refractivity contribution in [1.82, 2.24) is 4.90 Å². The highest BCUT2D eigenvalue weighted by atomic mass is 16.6. The van der Waals surface area contributed by atoms with Gasteiger partial charge in [-0.25, -0.2) is 4.79 Å².